The number of para-hydroxylation sites is 1. The van der Waals surface area contributed by atoms with Crippen molar-refractivity contribution >= 4 is 34.0 Å². The van der Waals surface area contributed by atoms with Gasteiger partial charge in [0, 0.05) is 19.3 Å². The smallest absolute Gasteiger partial charge is 0.324 e. The Bertz CT molecular complexity index is 943. The molecule has 2 N–H and O–H groups in total. The van der Waals surface area contributed by atoms with Gasteiger partial charge in [-0.15, -0.1) is 11.3 Å². The summed E-state index contributed by atoms with van der Waals surface area (Å²) in [6.07, 6.45) is 0. The third-order valence-electron chi connectivity index (χ3n) is 3.74. The summed E-state index contributed by atoms with van der Waals surface area (Å²) in [7, 11) is 1.65. The molecule has 1 aromatic heterocycles. The molecule has 5 nitrogen and oxygen atoms in total. The zero-order valence-corrected chi connectivity index (χ0v) is 15.4. The number of hydrogen-bond acceptors (Lipinski definition) is 3. The van der Waals surface area contributed by atoms with Crippen molar-refractivity contribution in [2.45, 2.75) is 6.54 Å². The summed E-state index contributed by atoms with van der Waals surface area (Å²) in [5, 5.41) is 5.99. The van der Waals surface area contributed by atoms with E-state index in [-0.39, 0.29) is 17.8 Å². The first-order chi connectivity index (χ1) is 13.0. The number of rotatable bonds is 5. The highest BCUT2D eigenvalue weighted by molar-refractivity contribution is 7.18. The quantitative estimate of drug-likeness (QED) is 0.665. The molecule has 0 fully saturated rings. The fraction of sp³-hybridized carbons (Fsp3) is 0.100. The number of anilines is 2. The molecule has 0 bridgehead atoms. The first kappa shape index (κ1) is 18.6. The molecule has 0 unspecified atom stereocenters. The normalized spacial score (nSPS) is 10.3. The summed E-state index contributed by atoms with van der Waals surface area (Å²) in [5.41, 5.74) is 1.39. The Morgan fingerprint density at radius 3 is 2.52 bits per heavy atom. The number of benzene rings is 2. The van der Waals surface area contributed by atoms with Crippen LogP contribution in [0.1, 0.15) is 15.2 Å². The lowest BCUT2D eigenvalue weighted by Crippen LogP contribution is -2.25. The van der Waals surface area contributed by atoms with Gasteiger partial charge in [-0.05, 0) is 42.0 Å². The van der Waals surface area contributed by atoms with Gasteiger partial charge in [0.2, 0.25) is 0 Å². The van der Waals surface area contributed by atoms with Gasteiger partial charge in [-0.3, -0.25) is 10.1 Å². The van der Waals surface area contributed by atoms with Gasteiger partial charge in [0.1, 0.15) is 5.82 Å². The topological polar surface area (TPSA) is 61.4 Å². The monoisotopic (exact) mass is 383 g/mol. The minimum atomic E-state index is -0.379. The Balaban J connectivity index is 1.59. The van der Waals surface area contributed by atoms with Crippen LogP contribution in [-0.4, -0.2) is 23.9 Å². The number of nitrogens with one attached hydrogen (secondary N) is 2. The average Bonchev–Trinajstić information content (AvgIpc) is 3.10. The van der Waals surface area contributed by atoms with Gasteiger partial charge in [-0.1, -0.05) is 30.3 Å². The molecule has 0 saturated heterocycles. The van der Waals surface area contributed by atoms with E-state index in [1.54, 1.807) is 43.4 Å². The van der Waals surface area contributed by atoms with Crippen molar-refractivity contribution in [1.29, 1.82) is 0 Å². The van der Waals surface area contributed by atoms with Crippen molar-refractivity contribution in [2.75, 3.05) is 17.7 Å². The van der Waals surface area contributed by atoms with Crippen LogP contribution in [0.15, 0.2) is 66.7 Å². The minimum absolute atomic E-state index is 0.194. The zero-order chi connectivity index (χ0) is 19.2. The van der Waals surface area contributed by atoms with Gasteiger partial charge < -0.3 is 10.2 Å². The predicted octanol–water partition coefficient (Wildman–Crippen LogP) is 4.80. The average molecular weight is 383 g/mol. The number of halogens is 1. The fourth-order valence-electron chi connectivity index (χ4n) is 2.48. The van der Waals surface area contributed by atoms with E-state index in [0.29, 0.717) is 27.7 Å². The van der Waals surface area contributed by atoms with Gasteiger partial charge in [0.05, 0.1) is 9.88 Å². The van der Waals surface area contributed by atoms with E-state index in [0.717, 1.165) is 0 Å². The predicted molar refractivity (Wildman–Crippen MR) is 106 cm³/mol. The van der Waals surface area contributed by atoms with E-state index in [4.69, 9.17) is 0 Å². The SMILES string of the molecule is CN(Cc1cccc(F)c1)C(=O)c1ccc(NC(=O)Nc2ccccc2)s1. The second-order valence-corrected chi connectivity index (χ2v) is 6.98. The number of amides is 3. The highest BCUT2D eigenvalue weighted by Gasteiger charge is 2.15. The van der Waals surface area contributed by atoms with Crippen LogP contribution < -0.4 is 10.6 Å². The Kier molecular flexibility index (Phi) is 5.83. The lowest BCUT2D eigenvalue weighted by molar-refractivity contribution is 0.0789. The Morgan fingerprint density at radius 2 is 1.78 bits per heavy atom. The summed E-state index contributed by atoms with van der Waals surface area (Å²) in [6.45, 7) is 0.297. The van der Waals surface area contributed by atoms with Crippen molar-refractivity contribution in [3.8, 4) is 0 Å². The van der Waals surface area contributed by atoms with E-state index in [1.807, 2.05) is 18.2 Å². The standard InChI is InChI=1S/C20H18FN3O2S/c1-24(13-14-6-5-7-15(21)12-14)19(25)17-10-11-18(27-17)23-20(26)22-16-8-3-2-4-9-16/h2-12H,13H2,1H3,(H2,22,23,26). The van der Waals surface area contributed by atoms with Crippen molar-refractivity contribution in [3.63, 3.8) is 0 Å². The van der Waals surface area contributed by atoms with Crippen molar-refractivity contribution in [3.05, 3.63) is 83.0 Å². The maximum atomic E-state index is 13.3. The van der Waals surface area contributed by atoms with E-state index < -0.39 is 0 Å². The van der Waals surface area contributed by atoms with Gasteiger partial charge in [0.15, 0.2) is 0 Å². The first-order valence-electron chi connectivity index (χ1n) is 8.24. The van der Waals surface area contributed by atoms with Gasteiger partial charge in [-0.25, -0.2) is 9.18 Å². The van der Waals surface area contributed by atoms with Crippen LogP contribution in [-0.2, 0) is 6.54 Å². The van der Waals surface area contributed by atoms with Crippen LogP contribution in [0.2, 0.25) is 0 Å². The minimum Gasteiger partial charge on any atom is -0.337 e. The van der Waals surface area contributed by atoms with Gasteiger partial charge in [0.25, 0.3) is 5.91 Å². The molecule has 0 spiro atoms. The van der Waals surface area contributed by atoms with Gasteiger partial charge >= 0.3 is 6.03 Å². The summed E-state index contributed by atoms with van der Waals surface area (Å²) >= 11 is 1.18. The lowest BCUT2D eigenvalue weighted by atomic mass is 10.2. The van der Waals surface area contributed by atoms with E-state index in [1.165, 1.54) is 28.4 Å². The van der Waals surface area contributed by atoms with E-state index in [9.17, 15) is 14.0 Å². The number of carbonyl (C=O) groups excluding carboxylic acids is 2. The summed E-state index contributed by atoms with van der Waals surface area (Å²) < 4.78 is 13.3. The summed E-state index contributed by atoms with van der Waals surface area (Å²) in [5.74, 6) is -0.527. The molecule has 3 aromatic rings. The lowest BCUT2D eigenvalue weighted by Gasteiger charge is -2.16. The number of carbonyl (C=O) groups is 2. The Hall–Kier alpha value is -3.19. The van der Waals surface area contributed by atoms with Crippen LogP contribution in [0.25, 0.3) is 0 Å². The van der Waals surface area contributed by atoms with E-state index >= 15 is 0 Å². The Morgan fingerprint density at radius 1 is 1.00 bits per heavy atom. The number of hydrogen-bond donors (Lipinski definition) is 2. The van der Waals surface area contributed by atoms with Crippen LogP contribution in [0.3, 0.4) is 0 Å². The number of nitrogens with zero attached hydrogens (tertiary/aromatic N) is 1. The van der Waals surface area contributed by atoms with Crippen molar-refractivity contribution < 1.29 is 14.0 Å². The summed E-state index contributed by atoms with van der Waals surface area (Å²) in [4.78, 5) is 26.6. The second-order valence-electron chi connectivity index (χ2n) is 5.90. The molecular formula is C20H18FN3O2S. The molecule has 7 heteroatoms. The van der Waals surface area contributed by atoms with Crippen LogP contribution in [0.5, 0.6) is 0 Å². The number of urea groups is 1. The highest BCUT2D eigenvalue weighted by atomic mass is 32.1. The Labute approximate surface area is 160 Å². The third-order valence-corrected chi connectivity index (χ3v) is 4.73. The van der Waals surface area contributed by atoms with Crippen molar-refractivity contribution in [1.82, 2.24) is 4.90 Å². The maximum absolute atomic E-state index is 13.3. The molecule has 0 radical (unpaired) electrons. The molecule has 138 valence electrons. The largest absolute Gasteiger partial charge is 0.337 e. The summed E-state index contributed by atoms with van der Waals surface area (Å²) in [6, 6.07) is 18.2. The molecule has 2 aromatic carbocycles. The number of thiophene rings is 1. The third kappa shape index (κ3) is 5.15. The molecule has 0 atom stereocenters. The zero-order valence-electron chi connectivity index (χ0n) is 14.6. The molecule has 1 heterocycles. The molecular weight excluding hydrogens is 365 g/mol. The fourth-order valence-corrected chi connectivity index (χ4v) is 3.38. The second kappa shape index (κ2) is 8.46. The van der Waals surface area contributed by atoms with Crippen LogP contribution in [0.4, 0.5) is 19.9 Å². The van der Waals surface area contributed by atoms with E-state index in [2.05, 4.69) is 10.6 Å². The first-order valence-corrected chi connectivity index (χ1v) is 9.06. The molecule has 0 aliphatic heterocycles. The molecule has 0 aliphatic rings. The highest BCUT2D eigenvalue weighted by Crippen LogP contribution is 2.24. The molecule has 3 rings (SSSR count). The van der Waals surface area contributed by atoms with Crippen molar-refractivity contribution in [2.24, 2.45) is 0 Å². The van der Waals surface area contributed by atoms with Crippen LogP contribution in [0, 0.1) is 5.82 Å². The van der Waals surface area contributed by atoms with Gasteiger partial charge in [-0.2, -0.15) is 0 Å². The molecule has 0 saturated carbocycles. The van der Waals surface area contributed by atoms with Crippen LogP contribution >= 0.6 is 11.3 Å². The molecule has 3 amide bonds. The molecule has 27 heavy (non-hydrogen) atoms. The molecule has 0 aliphatic carbocycles. The maximum Gasteiger partial charge on any atom is 0.324 e.